The average molecular weight is 558 g/mol. The molecule has 0 radical (unpaired) electrons. The summed E-state index contributed by atoms with van der Waals surface area (Å²) in [7, 11) is 0. The first kappa shape index (κ1) is 25.9. The smallest absolute Gasteiger partial charge is 0.191 e. The minimum Gasteiger partial charge on any atom is -0.381 e. The molecule has 3 rings (SSSR count). The Hall–Kier alpha value is -1.35. The second kappa shape index (κ2) is 14.7. The molecule has 0 unspecified atom stereocenters. The van der Waals surface area contributed by atoms with Gasteiger partial charge in [-0.05, 0) is 55.0 Å². The van der Waals surface area contributed by atoms with Crippen LogP contribution >= 0.6 is 35.6 Å². The minimum absolute atomic E-state index is 0. The number of benzene rings is 2. The molecular formula is C24H33ClIN3O2. The summed E-state index contributed by atoms with van der Waals surface area (Å²) in [6, 6.07) is 16.5. The lowest BCUT2D eigenvalue weighted by atomic mass is 10.1. The molecule has 2 N–H and O–H groups in total. The Labute approximate surface area is 208 Å². The number of rotatable bonds is 9. The highest BCUT2D eigenvalue weighted by molar-refractivity contribution is 14.0. The molecular weight excluding hydrogens is 525 g/mol. The van der Waals surface area contributed by atoms with Crippen LogP contribution in [0.5, 0.6) is 0 Å². The van der Waals surface area contributed by atoms with Gasteiger partial charge in [0.25, 0.3) is 0 Å². The zero-order valence-corrected chi connectivity index (χ0v) is 21.2. The molecule has 31 heavy (non-hydrogen) atoms. The van der Waals surface area contributed by atoms with Crippen molar-refractivity contribution in [1.29, 1.82) is 0 Å². The molecule has 2 aromatic rings. The predicted molar refractivity (Wildman–Crippen MR) is 138 cm³/mol. The molecule has 0 atom stereocenters. The normalized spacial score (nSPS) is 14.7. The molecule has 0 bridgehead atoms. The number of nitrogens with one attached hydrogen (secondary N) is 2. The first-order valence-electron chi connectivity index (χ1n) is 10.8. The van der Waals surface area contributed by atoms with Gasteiger partial charge in [-0.1, -0.05) is 48.0 Å². The van der Waals surface area contributed by atoms with Crippen LogP contribution in [0.25, 0.3) is 0 Å². The van der Waals surface area contributed by atoms with Gasteiger partial charge < -0.3 is 20.1 Å². The quantitative estimate of drug-likeness (QED) is 0.260. The summed E-state index contributed by atoms with van der Waals surface area (Å²) in [5.74, 6) is 0.832. The third-order valence-corrected chi connectivity index (χ3v) is 5.31. The maximum absolute atomic E-state index is 5.99. The highest BCUT2D eigenvalue weighted by atomic mass is 127. The fourth-order valence-electron chi connectivity index (χ4n) is 3.29. The SMILES string of the molecule is CCNC(=NCc1ccc(COC2CCOCC2)cc1)NCCc1ccc(Cl)cc1.I. The lowest BCUT2D eigenvalue weighted by Gasteiger charge is -2.22. The molecule has 1 heterocycles. The summed E-state index contributed by atoms with van der Waals surface area (Å²) in [5.41, 5.74) is 3.63. The predicted octanol–water partition coefficient (Wildman–Crippen LogP) is 4.95. The molecule has 170 valence electrons. The maximum atomic E-state index is 5.99. The zero-order chi connectivity index (χ0) is 21.0. The molecule has 0 spiro atoms. The first-order valence-corrected chi connectivity index (χ1v) is 11.1. The Kier molecular flexibility index (Phi) is 12.3. The van der Waals surface area contributed by atoms with E-state index in [1.54, 1.807) is 0 Å². The van der Waals surface area contributed by atoms with E-state index in [4.69, 9.17) is 26.1 Å². The summed E-state index contributed by atoms with van der Waals surface area (Å²) < 4.78 is 11.4. The number of aliphatic imine (C=N–C) groups is 1. The standard InChI is InChI=1S/C24H32ClN3O2.HI/c1-2-26-24(27-14-11-19-7-9-22(25)10-8-19)28-17-20-3-5-21(6-4-20)18-30-23-12-15-29-16-13-23;/h3-10,23H,2,11-18H2,1H3,(H2,26,27,28);1H. The number of halogens is 2. The summed E-state index contributed by atoms with van der Waals surface area (Å²) in [5, 5.41) is 7.47. The summed E-state index contributed by atoms with van der Waals surface area (Å²) in [6.07, 6.45) is 3.23. The van der Waals surface area contributed by atoms with Crippen LogP contribution < -0.4 is 10.6 Å². The topological polar surface area (TPSA) is 54.9 Å². The molecule has 0 amide bonds. The number of ether oxygens (including phenoxy) is 2. The van der Waals surface area contributed by atoms with E-state index in [1.807, 2.05) is 12.1 Å². The van der Waals surface area contributed by atoms with Crippen molar-refractivity contribution < 1.29 is 9.47 Å². The van der Waals surface area contributed by atoms with Crippen molar-refractivity contribution in [1.82, 2.24) is 10.6 Å². The number of nitrogens with zero attached hydrogens (tertiary/aromatic N) is 1. The van der Waals surface area contributed by atoms with Gasteiger partial charge in [0, 0.05) is 31.3 Å². The molecule has 0 saturated carbocycles. The van der Waals surface area contributed by atoms with Gasteiger partial charge in [-0.15, -0.1) is 24.0 Å². The largest absolute Gasteiger partial charge is 0.381 e. The second-order valence-electron chi connectivity index (χ2n) is 7.44. The van der Waals surface area contributed by atoms with Crippen LogP contribution in [-0.4, -0.2) is 38.4 Å². The molecule has 1 saturated heterocycles. The van der Waals surface area contributed by atoms with Crippen LogP contribution in [0.2, 0.25) is 5.02 Å². The van der Waals surface area contributed by atoms with E-state index >= 15 is 0 Å². The summed E-state index contributed by atoms with van der Waals surface area (Å²) >= 11 is 5.94. The van der Waals surface area contributed by atoms with Crippen molar-refractivity contribution in [3.63, 3.8) is 0 Å². The Morgan fingerprint density at radius 2 is 1.65 bits per heavy atom. The van der Waals surface area contributed by atoms with Crippen LogP contribution in [0.4, 0.5) is 0 Å². The van der Waals surface area contributed by atoms with Crippen LogP contribution in [-0.2, 0) is 29.0 Å². The third-order valence-electron chi connectivity index (χ3n) is 5.06. The third kappa shape index (κ3) is 9.76. The molecule has 1 aliphatic rings. The number of hydrogen-bond donors (Lipinski definition) is 2. The van der Waals surface area contributed by atoms with Gasteiger partial charge in [-0.25, -0.2) is 4.99 Å². The van der Waals surface area contributed by atoms with E-state index < -0.39 is 0 Å². The van der Waals surface area contributed by atoms with Gasteiger partial charge in [0.15, 0.2) is 5.96 Å². The fraction of sp³-hybridized carbons (Fsp3) is 0.458. The summed E-state index contributed by atoms with van der Waals surface area (Å²) in [4.78, 5) is 4.71. The van der Waals surface area contributed by atoms with Crippen molar-refractivity contribution in [3.8, 4) is 0 Å². The van der Waals surface area contributed by atoms with Crippen molar-refractivity contribution >= 4 is 41.5 Å². The van der Waals surface area contributed by atoms with Crippen LogP contribution in [0.3, 0.4) is 0 Å². The van der Waals surface area contributed by atoms with Gasteiger partial charge in [-0.2, -0.15) is 0 Å². The lowest BCUT2D eigenvalue weighted by molar-refractivity contribution is -0.0390. The zero-order valence-electron chi connectivity index (χ0n) is 18.1. The molecule has 7 heteroatoms. The number of guanidine groups is 1. The van der Waals surface area contributed by atoms with E-state index in [1.165, 1.54) is 16.7 Å². The average Bonchev–Trinajstić information content (AvgIpc) is 2.79. The van der Waals surface area contributed by atoms with E-state index in [0.29, 0.717) is 19.3 Å². The Morgan fingerprint density at radius 1 is 1.00 bits per heavy atom. The highest BCUT2D eigenvalue weighted by Gasteiger charge is 2.13. The molecule has 1 fully saturated rings. The summed E-state index contributed by atoms with van der Waals surface area (Å²) in [6.45, 7) is 6.63. The Morgan fingerprint density at radius 3 is 2.32 bits per heavy atom. The fourth-order valence-corrected chi connectivity index (χ4v) is 3.41. The second-order valence-corrected chi connectivity index (χ2v) is 7.87. The van der Waals surface area contributed by atoms with Crippen molar-refractivity contribution in [2.45, 2.75) is 45.4 Å². The van der Waals surface area contributed by atoms with E-state index in [2.05, 4.69) is 54.0 Å². The van der Waals surface area contributed by atoms with Crippen molar-refractivity contribution in [2.24, 2.45) is 4.99 Å². The van der Waals surface area contributed by atoms with Gasteiger partial charge in [-0.3, -0.25) is 0 Å². The van der Waals surface area contributed by atoms with Crippen LogP contribution in [0.1, 0.15) is 36.5 Å². The Balaban J connectivity index is 0.00000341. The highest BCUT2D eigenvalue weighted by Crippen LogP contribution is 2.14. The molecule has 0 aromatic heterocycles. The van der Waals surface area contributed by atoms with Gasteiger partial charge in [0.05, 0.1) is 19.3 Å². The van der Waals surface area contributed by atoms with Gasteiger partial charge in [0.1, 0.15) is 0 Å². The van der Waals surface area contributed by atoms with Crippen LogP contribution in [0.15, 0.2) is 53.5 Å². The van der Waals surface area contributed by atoms with Crippen molar-refractivity contribution in [3.05, 3.63) is 70.2 Å². The maximum Gasteiger partial charge on any atom is 0.191 e. The van der Waals surface area contributed by atoms with Gasteiger partial charge >= 0.3 is 0 Å². The van der Waals surface area contributed by atoms with E-state index in [0.717, 1.165) is 56.5 Å². The van der Waals surface area contributed by atoms with E-state index in [9.17, 15) is 0 Å². The van der Waals surface area contributed by atoms with E-state index in [-0.39, 0.29) is 24.0 Å². The van der Waals surface area contributed by atoms with Crippen LogP contribution in [0, 0.1) is 0 Å². The molecule has 2 aromatic carbocycles. The van der Waals surface area contributed by atoms with Crippen molar-refractivity contribution in [2.75, 3.05) is 26.3 Å². The lowest BCUT2D eigenvalue weighted by Crippen LogP contribution is -2.38. The first-order chi connectivity index (χ1) is 14.7. The minimum atomic E-state index is 0. The Bertz CT molecular complexity index is 778. The molecule has 1 aliphatic heterocycles. The molecule has 5 nitrogen and oxygen atoms in total. The monoisotopic (exact) mass is 557 g/mol. The number of hydrogen-bond acceptors (Lipinski definition) is 3. The van der Waals surface area contributed by atoms with Gasteiger partial charge in [0.2, 0.25) is 0 Å². The molecule has 0 aliphatic carbocycles.